The molecule has 3 nitrogen and oxygen atoms in total. The van der Waals surface area contributed by atoms with Crippen molar-refractivity contribution in [3.8, 4) is 0 Å². The third kappa shape index (κ3) is 2.91. The van der Waals surface area contributed by atoms with E-state index in [-0.39, 0.29) is 23.4 Å². The number of fused-ring (bicyclic) bond motifs is 1. The van der Waals surface area contributed by atoms with Crippen LogP contribution < -0.4 is 0 Å². The van der Waals surface area contributed by atoms with Gasteiger partial charge in [-0.2, -0.15) is 0 Å². The molecule has 3 aliphatic rings. The Kier molecular flexibility index (Phi) is 4.98. The van der Waals surface area contributed by atoms with E-state index >= 15 is 0 Å². The molecule has 3 rings (SSSR count). The lowest BCUT2D eigenvalue weighted by Crippen LogP contribution is -2.60. The van der Waals surface area contributed by atoms with Gasteiger partial charge >= 0.3 is 0 Å². The number of ketones is 1. The topological polar surface area (TPSA) is 57.5 Å². The van der Waals surface area contributed by atoms with Crippen LogP contribution in [0.5, 0.6) is 0 Å². The van der Waals surface area contributed by atoms with Gasteiger partial charge in [-0.3, -0.25) is 4.79 Å². The van der Waals surface area contributed by atoms with Crippen molar-refractivity contribution in [2.24, 2.45) is 29.1 Å². The van der Waals surface area contributed by atoms with Crippen LogP contribution in [0.2, 0.25) is 0 Å². The Bertz CT molecular complexity index is 464. The van der Waals surface area contributed by atoms with Crippen LogP contribution in [0.3, 0.4) is 0 Å². The summed E-state index contributed by atoms with van der Waals surface area (Å²) >= 11 is 0. The van der Waals surface area contributed by atoms with Crippen molar-refractivity contribution in [1.29, 1.82) is 0 Å². The molecule has 0 aromatic heterocycles. The summed E-state index contributed by atoms with van der Waals surface area (Å²) in [5, 5.41) is 20.9. The van der Waals surface area contributed by atoms with Crippen LogP contribution in [-0.4, -0.2) is 28.2 Å². The summed E-state index contributed by atoms with van der Waals surface area (Å²) in [6.45, 7) is 4.28. The summed E-state index contributed by atoms with van der Waals surface area (Å²) in [4.78, 5) is 12.3. The molecule has 0 aliphatic heterocycles. The first-order valence-electron chi connectivity index (χ1n) is 9.54. The molecule has 0 saturated heterocycles. The van der Waals surface area contributed by atoms with Gasteiger partial charge in [-0.05, 0) is 43.4 Å². The normalized spacial score (nSPS) is 40.2. The fourth-order valence-electron chi connectivity index (χ4n) is 5.48. The van der Waals surface area contributed by atoms with Crippen LogP contribution in [0, 0.1) is 29.1 Å². The van der Waals surface area contributed by atoms with Gasteiger partial charge in [0.05, 0.1) is 12.2 Å². The Morgan fingerprint density at radius 1 is 1.17 bits per heavy atom. The molecular weight excluding hydrogens is 288 g/mol. The maximum atomic E-state index is 12.3. The fourth-order valence-corrected chi connectivity index (χ4v) is 5.48. The summed E-state index contributed by atoms with van der Waals surface area (Å²) in [6, 6.07) is 0. The number of aliphatic hydroxyl groups excluding tert-OH is 2. The van der Waals surface area contributed by atoms with Crippen LogP contribution in [0.25, 0.3) is 0 Å². The molecule has 3 heteroatoms. The highest BCUT2D eigenvalue weighted by atomic mass is 16.3. The molecule has 5 atom stereocenters. The molecule has 3 aliphatic carbocycles. The van der Waals surface area contributed by atoms with Gasteiger partial charge in [-0.15, -0.1) is 0 Å². The molecule has 23 heavy (non-hydrogen) atoms. The highest BCUT2D eigenvalue weighted by Gasteiger charge is 2.61. The molecule has 0 heterocycles. The summed E-state index contributed by atoms with van der Waals surface area (Å²) in [7, 11) is 0. The molecule has 0 bridgehead atoms. The lowest BCUT2D eigenvalue weighted by molar-refractivity contribution is -0.167. The van der Waals surface area contributed by atoms with Crippen LogP contribution in [0.4, 0.5) is 0 Å². The Balaban J connectivity index is 1.70. The summed E-state index contributed by atoms with van der Waals surface area (Å²) in [5.74, 6) is 1.38. The third-order valence-electron chi connectivity index (χ3n) is 7.04. The Morgan fingerprint density at radius 2 is 1.87 bits per heavy atom. The minimum Gasteiger partial charge on any atom is -0.393 e. The third-order valence-corrected chi connectivity index (χ3v) is 7.04. The standard InChI is InChI=1S/C20H32O3/c1-13(2)20-11-10-18(22)15(16(20)12-19(20)23)8-9-17(21)14-6-4-3-5-7-14/h8-9,13-18,21-22H,3-7,10-12H2,1-2H3/b9-8+/t15-,16-,17-,18-,20-/m0/s1. The number of carbonyl (C=O) groups is 1. The quantitative estimate of drug-likeness (QED) is 0.780. The van der Waals surface area contributed by atoms with Crippen LogP contribution in [-0.2, 0) is 4.79 Å². The SMILES string of the molecule is CC(C)[C@@]12CC[C@H](O)[C@@H](/C=C/[C@H](O)C3CCCCC3)[C@@H]1CC2=O. The lowest BCUT2D eigenvalue weighted by Gasteiger charge is -2.57. The highest BCUT2D eigenvalue weighted by Crippen LogP contribution is 2.59. The molecule has 0 unspecified atom stereocenters. The van der Waals surface area contributed by atoms with E-state index in [1.54, 1.807) is 0 Å². The Morgan fingerprint density at radius 3 is 2.48 bits per heavy atom. The van der Waals surface area contributed by atoms with E-state index in [2.05, 4.69) is 13.8 Å². The average molecular weight is 320 g/mol. The second-order valence-corrected chi connectivity index (χ2v) is 8.39. The molecule has 0 amide bonds. The molecule has 0 radical (unpaired) electrons. The minimum absolute atomic E-state index is 0.0297. The van der Waals surface area contributed by atoms with Crippen molar-refractivity contribution >= 4 is 5.78 Å². The van der Waals surface area contributed by atoms with Gasteiger partial charge in [0.15, 0.2) is 0 Å². The Hall–Kier alpha value is -0.670. The van der Waals surface area contributed by atoms with Crippen LogP contribution in [0.1, 0.15) is 65.2 Å². The zero-order chi connectivity index (χ0) is 16.6. The first-order chi connectivity index (χ1) is 11.0. The molecule has 0 aromatic carbocycles. The van der Waals surface area contributed by atoms with Crippen molar-refractivity contribution in [3.05, 3.63) is 12.2 Å². The predicted octanol–water partition coefficient (Wildman–Crippen LogP) is 3.49. The number of hydrogen-bond acceptors (Lipinski definition) is 3. The molecular formula is C20H32O3. The van der Waals surface area contributed by atoms with E-state index in [4.69, 9.17) is 0 Å². The summed E-state index contributed by atoms with van der Waals surface area (Å²) in [6.07, 6.45) is 11.3. The number of rotatable bonds is 4. The number of hydrogen-bond donors (Lipinski definition) is 2. The van der Waals surface area contributed by atoms with Crippen molar-refractivity contribution in [2.45, 2.75) is 77.4 Å². The van der Waals surface area contributed by atoms with Gasteiger partial charge < -0.3 is 10.2 Å². The molecule has 0 aromatic rings. The van der Waals surface area contributed by atoms with Gasteiger partial charge in [0.1, 0.15) is 5.78 Å². The van der Waals surface area contributed by atoms with E-state index in [0.717, 1.165) is 19.3 Å². The summed E-state index contributed by atoms with van der Waals surface area (Å²) < 4.78 is 0. The van der Waals surface area contributed by atoms with Crippen LogP contribution >= 0.6 is 0 Å². The smallest absolute Gasteiger partial charge is 0.139 e. The number of carbonyl (C=O) groups excluding carboxylic acids is 1. The van der Waals surface area contributed by atoms with Gasteiger partial charge in [0.25, 0.3) is 0 Å². The van der Waals surface area contributed by atoms with E-state index in [1.165, 1.54) is 19.3 Å². The van der Waals surface area contributed by atoms with Gasteiger partial charge in [0.2, 0.25) is 0 Å². The van der Waals surface area contributed by atoms with Gasteiger partial charge in [-0.25, -0.2) is 0 Å². The van der Waals surface area contributed by atoms with Crippen molar-refractivity contribution < 1.29 is 15.0 Å². The predicted molar refractivity (Wildman–Crippen MR) is 90.8 cm³/mol. The monoisotopic (exact) mass is 320 g/mol. The zero-order valence-corrected chi connectivity index (χ0v) is 14.6. The van der Waals surface area contributed by atoms with Crippen molar-refractivity contribution in [1.82, 2.24) is 0 Å². The molecule has 3 saturated carbocycles. The highest BCUT2D eigenvalue weighted by molar-refractivity contribution is 5.92. The van der Waals surface area contributed by atoms with Crippen molar-refractivity contribution in [3.63, 3.8) is 0 Å². The van der Waals surface area contributed by atoms with E-state index < -0.39 is 6.10 Å². The van der Waals surface area contributed by atoms with E-state index in [1.807, 2.05) is 12.2 Å². The maximum Gasteiger partial charge on any atom is 0.139 e. The summed E-state index contributed by atoms with van der Waals surface area (Å²) in [5.41, 5.74) is -0.218. The first-order valence-corrected chi connectivity index (χ1v) is 9.54. The second-order valence-electron chi connectivity index (χ2n) is 8.39. The van der Waals surface area contributed by atoms with Gasteiger partial charge in [-0.1, -0.05) is 45.3 Å². The van der Waals surface area contributed by atoms with E-state index in [9.17, 15) is 15.0 Å². The zero-order valence-electron chi connectivity index (χ0n) is 14.6. The Labute approximate surface area is 140 Å². The molecule has 2 N–H and O–H groups in total. The fraction of sp³-hybridized carbons (Fsp3) is 0.850. The van der Waals surface area contributed by atoms with Crippen LogP contribution in [0.15, 0.2) is 12.2 Å². The minimum atomic E-state index is -0.395. The number of Topliss-reactive ketones (excluding diaryl/α,β-unsaturated/α-hetero) is 1. The molecule has 3 fully saturated rings. The number of aliphatic hydroxyl groups is 2. The largest absolute Gasteiger partial charge is 0.393 e. The second kappa shape index (κ2) is 6.68. The molecule has 0 spiro atoms. The lowest BCUT2D eigenvalue weighted by atomic mass is 9.45. The molecule has 130 valence electrons. The average Bonchev–Trinajstić information content (AvgIpc) is 2.54. The van der Waals surface area contributed by atoms with E-state index in [0.29, 0.717) is 30.5 Å². The first kappa shape index (κ1) is 17.2. The van der Waals surface area contributed by atoms with Crippen molar-refractivity contribution in [2.75, 3.05) is 0 Å². The van der Waals surface area contributed by atoms with Gasteiger partial charge in [0, 0.05) is 17.8 Å². The maximum absolute atomic E-state index is 12.3.